The summed E-state index contributed by atoms with van der Waals surface area (Å²) in [6.45, 7) is 3.01. The van der Waals surface area contributed by atoms with E-state index in [1.165, 1.54) is 17.7 Å². The smallest absolute Gasteiger partial charge is 0.329 e. The summed E-state index contributed by atoms with van der Waals surface area (Å²) >= 11 is 0. The van der Waals surface area contributed by atoms with Gasteiger partial charge in [0.15, 0.2) is 0 Å². The normalized spacial score (nSPS) is 10.5. The fraction of sp³-hybridized carbons (Fsp3) is 0.200. The Morgan fingerprint density at radius 1 is 1.53 bits per heavy atom. The highest BCUT2D eigenvalue weighted by Crippen LogP contribution is 2.23. The van der Waals surface area contributed by atoms with Crippen LogP contribution < -0.4 is 4.84 Å². The van der Waals surface area contributed by atoms with Crippen LogP contribution in [-0.4, -0.2) is 20.8 Å². The fourth-order valence-electron chi connectivity index (χ4n) is 1.42. The van der Waals surface area contributed by atoms with Gasteiger partial charge < -0.3 is 9.94 Å². The van der Waals surface area contributed by atoms with Crippen molar-refractivity contribution in [2.75, 3.05) is 0 Å². The largest absolute Gasteiger partial charge is 0.506 e. The summed E-state index contributed by atoms with van der Waals surface area (Å²) in [6, 6.07) is 4.92. The van der Waals surface area contributed by atoms with Crippen LogP contribution in [0.25, 0.3) is 11.0 Å². The predicted octanol–water partition coefficient (Wildman–Crippen LogP) is 1.03. The van der Waals surface area contributed by atoms with E-state index in [0.29, 0.717) is 16.9 Å². The Labute approximate surface area is 85.9 Å². The minimum Gasteiger partial charge on any atom is -0.506 e. The van der Waals surface area contributed by atoms with Gasteiger partial charge in [-0.3, -0.25) is 0 Å². The number of carbonyl (C=O) groups excluding carboxylic acids is 1. The zero-order chi connectivity index (χ0) is 11.0. The Hall–Kier alpha value is -2.04. The molecule has 5 nitrogen and oxygen atoms in total. The van der Waals surface area contributed by atoms with Crippen LogP contribution in [-0.2, 0) is 4.79 Å². The van der Waals surface area contributed by atoms with Gasteiger partial charge in [0.25, 0.3) is 0 Å². The number of fused-ring (bicyclic) bond motifs is 1. The van der Waals surface area contributed by atoms with Gasteiger partial charge in [0, 0.05) is 6.92 Å². The first-order valence-corrected chi connectivity index (χ1v) is 4.45. The van der Waals surface area contributed by atoms with Gasteiger partial charge in [0.05, 0.1) is 0 Å². The molecule has 78 valence electrons. The van der Waals surface area contributed by atoms with Gasteiger partial charge in [-0.15, -0.1) is 0 Å². The highest BCUT2D eigenvalue weighted by atomic mass is 16.7. The van der Waals surface area contributed by atoms with Crippen LogP contribution >= 0.6 is 0 Å². The summed E-state index contributed by atoms with van der Waals surface area (Å²) < 4.78 is 1.30. The molecule has 0 bridgehead atoms. The van der Waals surface area contributed by atoms with Gasteiger partial charge in [-0.25, -0.2) is 9.78 Å². The molecular weight excluding hydrogens is 196 g/mol. The molecule has 1 aromatic heterocycles. The number of aromatic hydroxyl groups is 1. The van der Waals surface area contributed by atoms with Crippen LogP contribution in [0.3, 0.4) is 0 Å². The molecule has 0 amide bonds. The van der Waals surface area contributed by atoms with Gasteiger partial charge in [0.1, 0.15) is 22.6 Å². The molecule has 0 unspecified atom stereocenters. The zero-order valence-corrected chi connectivity index (χ0v) is 8.39. The van der Waals surface area contributed by atoms with Crippen LogP contribution in [0.2, 0.25) is 0 Å². The third-order valence-electron chi connectivity index (χ3n) is 2.00. The van der Waals surface area contributed by atoms with Crippen molar-refractivity contribution in [1.29, 1.82) is 0 Å². The molecular formula is C10H10N2O3. The molecule has 5 heteroatoms. The van der Waals surface area contributed by atoms with Gasteiger partial charge in [-0.2, -0.15) is 4.73 Å². The maximum Gasteiger partial charge on any atom is 0.329 e. The van der Waals surface area contributed by atoms with E-state index in [0.717, 1.165) is 0 Å². The van der Waals surface area contributed by atoms with Gasteiger partial charge in [0.2, 0.25) is 0 Å². The third-order valence-corrected chi connectivity index (χ3v) is 2.00. The average Bonchev–Trinajstić information content (AvgIpc) is 2.45. The Kier molecular flexibility index (Phi) is 2.07. The van der Waals surface area contributed by atoms with E-state index in [1.807, 2.05) is 0 Å². The molecule has 2 aromatic rings. The van der Waals surface area contributed by atoms with E-state index in [4.69, 9.17) is 4.84 Å². The molecule has 0 aliphatic heterocycles. The molecule has 1 N–H and O–H groups in total. The molecule has 2 rings (SSSR count). The summed E-state index contributed by atoms with van der Waals surface area (Å²) in [7, 11) is 0. The zero-order valence-electron chi connectivity index (χ0n) is 8.39. The van der Waals surface area contributed by atoms with Crippen LogP contribution in [0.15, 0.2) is 18.2 Å². The summed E-state index contributed by atoms with van der Waals surface area (Å²) in [5.74, 6) is 0.156. The number of hydrogen-bond acceptors (Lipinski definition) is 4. The van der Waals surface area contributed by atoms with Gasteiger partial charge in [-0.1, -0.05) is 6.07 Å². The van der Waals surface area contributed by atoms with Crippen molar-refractivity contribution < 1.29 is 14.7 Å². The quantitative estimate of drug-likeness (QED) is 0.756. The van der Waals surface area contributed by atoms with E-state index < -0.39 is 5.97 Å². The Bertz CT molecular complexity index is 531. The highest BCUT2D eigenvalue weighted by molar-refractivity contribution is 5.82. The van der Waals surface area contributed by atoms with Gasteiger partial charge in [-0.05, 0) is 19.1 Å². The summed E-state index contributed by atoms with van der Waals surface area (Å²) in [6.07, 6.45) is 0. The lowest BCUT2D eigenvalue weighted by molar-refractivity contribution is -0.141. The van der Waals surface area contributed by atoms with Gasteiger partial charge >= 0.3 is 5.97 Å². The first kappa shape index (κ1) is 9.51. The molecule has 0 saturated heterocycles. The molecule has 0 spiro atoms. The van der Waals surface area contributed by atoms with E-state index in [1.54, 1.807) is 19.1 Å². The lowest BCUT2D eigenvalue weighted by Crippen LogP contribution is -2.17. The second-order valence-electron chi connectivity index (χ2n) is 3.18. The maximum atomic E-state index is 10.9. The number of nitrogens with zero attached hydrogens (tertiary/aromatic N) is 2. The lowest BCUT2D eigenvalue weighted by atomic mass is 10.3. The van der Waals surface area contributed by atoms with Crippen molar-refractivity contribution in [2.45, 2.75) is 13.8 Å². The Morgan fingerprint density at radius 2 is 2.27 bits per heavy atom. The fourth-order valence-corrected chi connectivity index (χ4v) is 1.42. The number of phenolic OH excluding ortho intramolecular Hbond substituents is 1. The first-order valence-electron chi connectivity index (χ1n) is 4.45. The Balaban J connectivity index is 2.68. The molecule has 0 aliphatic carbocycles. The summed E-state index contributed by atoms with van der Waals surface area (Å²) in [4.78, 5) is 19.9. The topological polar surface area (TPSA) is 64.4 Å². The van der Waals surface area contributed by atoms with Crippen molar-refractivity contribution in [3.63, 3.8) is 0 Å². The second kappa shape index (κ2) is 3.27. The van der Waals surface area contributed by atoms with E-state index >= 15 is 0 Å². The Morgan fingerprint density at radius 3 is 2.93 bits per heavy atom. The number of aromatic nitrogens is 2. The van der Waals surface area contributed by atoms with E-state index in [9.17, 15) is 9.90 Å². The van der Waals surface area contributed by atoms with E-state index in [2.05, 4.69) is 4.98 Å². The molecule has 1 heterocycles. The highest BCUT2D eigenvalue weighted by Gasteiger charge is 2.12. The minimum atomic E-state index is -0.430. The molecule has 15 heavy (non-hydrogen) atoms. The number of phenols is 1. The number of benzene rings is 1. The van der Waals surface area contributed by atoms with Crippen molar-refractivity contribution in [1.82, 2.24) is 9.71 Å². The molecule has 1 aromatic carbocycles. The van der Waals surface area contributed by atoms with Crippen LogP contribution in [0.4, 0.5) is 0 Å². The molecule has 0 radical (unpaired) electrons. The number of carbonyl (C=O) groups is 1. The average molecular weight is 206 g/mol. The van der Waals surface area contributed by atoms with Crippen LogP contribution in [0, 0.1) is 6.92 Å². The van der Waals surface area contributed by atoms with Crippen LogP contribution in [0.1, 0.15) is 12.7 Å². The minimum absolute atomic E-state index is 0.0708. The molecule has 0 fully saturated rings. The second-order valence-corrected chi connectivity index (χ2v) is 3.18. The van der Waals surface area contributed by atoms with Crippen molar-refractivity contribution in [3.8, 4) is 5.75 Å². The number of imidazole rings is 1. The number of para-hydroxylation sites is 1. The number of rotatable bonds is 1. The molecule has 0 aliphatic rings. The van der Waals surface area contributed by atoms with E-state index in [-0.39, 0.29) is 5.75 Å². The predicted molar refractivity (Wildman–Crippen MR) is 53.4 cm³/mol. The molecule has 0 atom stereocenters. The number of aryl methyl sites for hydroxylation is 1. The molecule has 0 saturated carbocycles. The third kappa shape index (κ3) is 1.52. The number of hydrogen-bond donors (Lipinski definition) is 1. The standard InChI is InChI=1S/C10H10N2O3/c1-6-11-10-8(4-3-5-9(10)14)12(6)15-7(2)13/h3-5,14H,1-2H3. The maximum absolute atomic E-state index is 10.9. The van der Waals surface area contributed by atoms with Crippen molar-refractivity contribution >= 4 is 17.0 Å². The van der Waals surface area contributed by atoms with Crippen molar-refractivity contribution in [2.24, 2.45) is 0 Å². The SMILES string of the molecule is CC(=O)On1c(C)nc2c(O)cccc21. The first-order chi connectivity index (χ1) is 7.09. The summed E-state index contributed by atoms with van der Waals surface area (Å²) in [5, 5.41) is 9.53. The lowest BCUT2D eigenvalue weighted by Gasteiger charge is -2.03. The van der Waals surface area contributed by atoms with Crippen LogP contribution in [0.5, 0.6) is 5.75 Å². The summed E-state index contributed by atoms with van der Waals surface area (Å²) in [5.41, 5.74) is 0.999. The van der Waals surface area contributed by atoms with Crippen molar-refractivity contribution in [3.05, 3.63) is 24.0 Å². The monoisotopic (exact) mass is 206 g/mol.